The second-order valence-electron chi connectivity index (χ2n) is 8.68. The minimum absolute atomic E-state index is 0. The molecule has 1 aromatic rings. The van der Waals surface area contributed by atoms with Crippen molar-refractivity contribution >= 4 is 35.6 Å². The van der Waals surface area contributed by atoms with Gasteiger partial charge in [-0.1, -0.05) is 24.3 Å². The van der Waals surface area contributed by atoms with E-state index in [0.717, 1.165) is 90.1 Å². The van der Waals surface area contributed by atoms with E-state index in [2.05, 4.69) is 44.0 Å². The lowest BCUT2D eigenvalue weighted by atomic mass is 10.2. The summed E-state index contributed by atoms with van der Waals surface area (Å²) in [5.41, 5.74) is 0.732. The van der Waals surface area contributed by atoms with Crippen molar-refractivity contribution in [1.82, 2.24) is 20.0 Å². The molecule has 178 valence electrons. The first-order valence-corrected chi connectivity index (χ1v) is 11.9. The molecule has 0 radical (unpaired) electrons. The van der Waals surface area contributed by atoms with Crippen molar-refractivity contribution in [2.75, 3.05) is 76.9 Å². The number of piperazine rings is 1. The Hall–Kier alpha value is -1.39. The second kappa shape index (κ2) is 12.7. The first-order chi connectivity index (χ1) is 15.2. The Morgan fingerprint density at radius 2 is 1.84 bits per heavy atom. The van der Waals surface area contributed by atoms with Crippen molar-refractivity contribution in [3.05, 3.63) is 42.2 Å². The highest BCUT2D eigenvalue weighted by atomic mass is 127. The zero-order chi connectivity index (χ0) is 21.5. The van der Waals surface area contributed by atoms with Crippen LogP contribution in [0.15, 0.2) is 41.4 Å². The maximum atomic E-state index is 14.0. The normalized spacial score (nSPS) is 22.4. The number of halogens is 2. The van der Waals surface area contributed by atoms with Gasteiger partial charge in [-0.15, -0.1) is 24.0 Å². The maximum absolute atomic E-state index is 14.0. The third kappa shape index (κ3) is 6.57. The summed E-state index contributed by atoms with van der Waals surface area (Å²) in [7, 11) is 0. The minimum Gasteiger partial charge on any atom is -0.367 e. The summed E-state index contributed by atoms with van der Waals surface area (Å²) in [5, 5.41) is 3.49. The first kappa shape index (κ1) is 25.2. The maximum Gasteiger partial charge on any atom is 0.193 e. The van der Waals surface area contributed by atoms with E-state index in [0.29, 0.717) is 6.04 Å². The first-order valence-electron chi connectivity index (χ1n) is 11.9. The number of aliphatic imine (C=N–C) groups is 1. The molecule has 2 fully saturated rings. The average Bonchev–Trinajstić information content (AvgIpc) is 3.49. The van der Waals surface area contributed by atoms with Gasteiger partial charge >= 0.3 is 0 Å². The van der Waals surface area contributed by atoms with Crippen LogP contribution in [0.3, 0.4) is 0 Å². The van der Waals surface area contributed by atoms with Crippen LogP contribution in [0.4, 0.5) is 10.1 Å². The van der Waals surface area contributed by atoms with Gasteiger partial charge in [0.25, 0.3) is 0 Å². The van der Waals surface area contributed by atoms with Crippen LogP contribution in [-0.2, 0) is 0 Å². The van der Waals surface area contributed by atoms with Crippen LogP contribution in [0.25, 0.3) is 0 Å². The fourth-order valence-electron chi connectivity index (χ4n) is 4.85. The van der Waals surface area contributed by atoms with Gasteiger partial charge in [0.2, 0.25) is 0 Å². The lowest BCUT2D eigenvalue weighted by molar-refractivity contribution is 0.255. The number of hydrogen-bond donors (Lipinski definition) is 1. The molecule has 2 saturated heterocycles. The largest absolute Gasteiger partial charge is 0.367 e. The molecule has 0 aromatic heterocycles. The number of hydrogen-bond acceptors (Lipinski definition) is 4. The molecule has 0 spiro atoms. The van der Waals surface area contributed by atoms with E-state index in [9.17, 15) is 4.39 Å². The van der Waals surface area contributed by atoms with Crippen LogP contribution in [0, 0.1) is 5.82 Å². The molecule has 1 atom stereocenters. The van der Waals surface area contributed by atoms with Crippen molar-refractivity contribution in [1.29, 1.82) is 0 Å². The summed E-state index contributed by atoms with van der Waals surface area (Å²) in [6, 6.07) is 7.74. The number of para-hydroxylation sites is 1. The molecule has 0 bridgehead atoms. The van der Waals surface area contributed by atoms with Gasteiger partial charge in [0.1, 0.15) is 5.82 Å². The number of nitrogens with one attached hydrogen (secondary N) is 1. The van der Waals surface area contributed by atoms with E-state index >= 15 is 0 Å². The highest BCUT2D eigenvalue weighted by molar-refractivity contribution is 14.0. The minimum atomic E-state index is -0.119. The van der Waals surface area contributed by atoms with E-state index in [1.54, 1.807) is 12.1 Å². The molecule has 8 heteroatoms. The highest BCUT2D eigenvalue weighted by Gasteiger charge is 2.29. The zero-order valence-electron chi connectivity index (χ0n) is 19.3. The Balaban J connectivity index is 0.00000289. The molecule has 0 amide bonds. The molecule has 1 N–H and O–H groups in total. The summed E-state index contributed by atoms with van der Waals surface area (Å²) in [6.45, 7) is 13.0. The molecule has 32 heavy (non-hydrogen) atoms. The van der Waals surface area contributed by atoms with E-state index in [1.807, 2.05) is 12.1 Å². The number of likely N-dealkylation sites (tertiary alicyclic amines) is 1. The molecule has 3 aliphatic rings. The Kier molecular flexibility index (Phi) is 10.1. The monoisotopic (exact) mass is 556 g/mol. The fourth-order valence-corrected chi connectivity index (χ4v) is 4.85. The standard InChI is InChI=1S/C24H37FN6.HI/c1-2-26-24(31-15-10-21(20-31)29-13-5-6-14-29)27-11-7-12-28-16-18-30(19-17-28)23-9-4-3-8-22(23)25;/h3-6,8-9,21H,2,7,10-20H2,1H3,(H,26,27);1H. The Bertz CT molecular complexity index is 757. The summed E-state index contributed by atoms with van der Waals surface area (Å²) in [6.07, 6.45) is 6.83. The smallest absolute Gasteiger partial charge is 0.193 e. The molecule has 4 rings (SSSR count). The van der Waals surface area contributed by atoms with Crippen molar-refractivity contribution in [3.63, 3.8) is 0 Å². The van der Waals surface area contributed by atoms with Gasteiger partial charge in [-0.25, -0.2) is 4.39 Å². The van der Waals surface area contributed by atoms with E-state index in [-0.39, 0.29) is 29.8 Å². The number of rotatable bonds is 7. The number of benzene rings is 1. The topological polar surface area (TPSA) is 37.4 Å². The molecule has 1 aromatic carbocycles. The van der Waals surface area contributed by atoms with E-state index in [4.69, 9.17) is 4.99 Å². The van der Waals surface area contributed by atoms with Crippen LogP contribution in [0.2, 0.25) is 0 Å². The molecule has 1 unspecified atom stereocenters. The molecule has 3 aliphatic heterocycles. The van der Waals surface area contributed by atoms with Crippen molar-refractivity contribution in [3.8, 4) is 0 Å². The summed E-state index contributed by atoms with van der Waals surface area (Å²) in [5.74, 6) is 0.952. The highest BCUT2D eigenvalue weighted by Crippen LogP contribution is 2.20. The Morgan fingerprint density at radius 1 is 1.09 bits per heavy atom. The van der Waals surface area contributed by atoms with E-state index in [1.165, 1.54) is 6.42 Å². The average molecular weight is 557 g/mol. The third-order valence-corrected chi connectivity index (χ3v) is 6.62. The Morgan fingerprint density at radius 3 is 2.56 bits per heavy atom. The van der Waals surface area contributed by atoms with Gasteiger partial charge in [0.15, 0.2) is 5.96 Å². The predicted molar refractivity (Wildman–Crippen MR) is 142 cm³/mol. The van der Waals surface area contributed by atoms with Crippen LogP contribution in [0.1, 0.15) is 19.8 Å². The molecular formula is C24H38FIN6. The number of guanidine groups is 1. The van der Waals surface area contributed by atoms with E-state index < -0.39 is 0 Å². The lowest BCUT2D eigenvalue weighted by Gasteiger charge is -2.36. The van der Waals surface area contributed by atoms with Crippen LogP contribution in [-0.4, -0.2) is 98.7 Å². The van der Waals surface area contributed by atoms with Gasteiger partial charge in [-0.2, -0.15) is 0 Å². The molecule has 3 heterocycles. The quantitative estimate of drug-likeness (QED) is 0.184. The van der Waals surface area contributed by atoms with Crippen molar-refractivity contribution < 1.29 is 4.39 Å². The molecule has 6 nitrogen and oxygen atoms in total. The van der Waals surface area contributed by atoms with Crippen LogP contribution >= 0.6 is 24.0 Å². The molecular weight excluding hydrogens is 518 g/mol. The number of nitrogens with zero attached hydrogens (tertiary/aromatic N) is 5. The van der Waals surface area contributed by atoms with Gasteiger partial charge in [0, 0.05) is 78.0 Å². The zero-order valence-corrected chi connectivity index (χ0v) is 21.6. The summed E-state index contributed by atoms with van der Waals surface area (Å²) >= 11 is 0. The van der Waals surface area contributed by atoms with Gasteiger partial charge in [-0.05, 0) is 31.9 Å². The third-order valence-electron chi connectivity index (χ3n) is 6.62. The summed E-state index contributed by atoms with van der Waals surface area (Å²) in [4.78, 5) is 14.6. The molecule has 0 aliphatic carbocycles. The predicted octanol–water partition coefficient (Wildman–Crippen LogP) is 2.87. The molecule has 0 saturated carbocycles. The number of anilines is 1. The van der Waals surface area contributed by atoms with Crippen molar-refractivity contribution in [2.24, 2.45) is 4.99 Å². The SMILES string of the molecule is CCNC(=NCCCN1CCN(c2ccccc2F)CC1)N1CCC(N2CC=CC2)C1.I. The van der Waals surface area contributed by atoms with Gasteiger partial charge < -0.3 is 15.1 Å². The summed E-state index contributed by atoms with van der Waals surface area (Å²) < 4.78 is 14.0. The van der Waals surface area contributed by atoms with Crippen molar-refractivity contribution in [2.45, 2.75) is 25.8 Å². The second-order valence-corrected chi connectivity index (χ2v) is 8.68. The Labute approximate surface area is 209 Å². The van der Waals surface area contributed by atoms with Gasteiger partial charge in [0.05, 0.1) is 5.69 Å². The fraction of sp³-hybridized carbons (Fsp3) is 0.625. The lowest BCUT2D eigenvalue weighted by Crippen LogP contribution is -2.47. The van der Waals surface area contributed by atoms with Crippen LogP contribution < -0.4 is 10.2 Å². The van der Waals surface area contributed by atoms with Crippen LogP contribution in [0.5, 0.6) is 0 Å². The van der Waals surface area contributed by atoms with Gasteiger partial charge in [-0.3, -0.25) is 14.8 Å².